The summed E-state index contributed by atoms with van der Waals surface area (Å²) in [4.78, 5) is 29.0. The predicted octanol–water partition coefficient (Wildman–Crippen LogP) is 4.92. The molecule has 0 aliphatic carbocycles. The quantitative estimate of drug-likeness (QED) is 0.317. The average Bonchev–Trinajstić information content (AvgIpc) is 2.97. The van der Waals surface area contributed by atoms with Crippen molar-refractivity contribution in [3.05, 3.63) is 90.0 Å². The summed E-state index contributed by atoms with van der Waals surface area (Å²) in [7, 11) is -2.59. The molecule has 0 aromatic heterocycles. The third-order valence-electron chi connectivity index (χ3n) is 6.96. The van der Waals surface area contributed by atoms with E-state index in [1.807, 2.05) is 52.0 Å². The Hall–Kier alpha value is -3.85. The van der Waals surface area contributed by atoms with E-state index in [4.69, 9.17) is 4.74 Å². The topological polar surface area (TPSA) is 96.0 Å². The summed E-state index contributed by atoms with van der Waals surface area (Å²) >= 11 is 0. The second-order valence-corrected chi connectivity index (χ2v) is 11.6. The van der Waals surface area contributed by atoms with Crippen molar-refractivity contribution in [3.8, 4) is 5.75 Å². The van der Waals surface area contributed by atoms with E-state index in [9.17, 15) is 18.0 Å². The molecular weight excluding hydrogens is 526 g/mol. The van der Waals surface area contributed by atoms with Gasteiger partial charge in [-0.05, 0) is 74.2 Å². The summed E-state index contributed by atoms with van der Waals surface area (Å²) in [6.45, 7) is 7.37. The van der Waals surface area contributed by atoms with Crippen LogP contribution in [0, 0.1) is 6.92 Å². The van der Waals surface area contributed by atoms with Crippen LogP contribution in [0.25, 0.3) is 0 Å². The van der Waals surface area contributed by atoms with Crippen molar-refractivity contribution in [2.24, 2.45) is 0 Å². The minimum atomic E-state index is -4.11. The molecule has 0 fully saturated rings. The van der Waals surface area contributed by atoms with Crippen LogP contribution in [0.3, 0.4) is 0 Å². The first-order chi connectivity index (χ1) is 19.1. The van der Waals surface area contributed by atoms with E-state index in [1.165, 1.54) is 24.1 Å². The molecule has 0 aliphatic heterocycles. The number of carbonyl (C=O) groups is 2. The van der Waals surface area contributed by atoms with Crippen LogP contribution in [0.1, 0.15) is 44.7 Å². The first kappa shape index (κ1) is 30.7. The van der Waals surface area contributed by atoms with Crippen molar-refractivity contribution in [3.63, 3.8) is 0 Å². The molecule has 8 nitrogen and oxygen atoms in total. The van der Waals surface area contributed by atoms with E-state index in [-0.39, 0.29) is 23.4 Å². The van der Waals surface area contributed by atoms with Gasteiger partial charge in [-0.1, -0.05) is 56.3 Å². The molecule has 0 saturated heterocycles. The van der Waals surface area contributed by atoms with Crippen LogP contribution < -0.4 is 14.4 Å². The van der Waals surface area contributed by atoms with Gasteiger partial charge in [-0.2, -0.15) is 0 Å². The van der Waals surface area contributed by atoms with Crippen LogP contribution in [0.2, 0.25) is 0 Å². The molecule has 3 rings (SSSR count). The second kappa shape index (κ2) is 14.0. The second-order valence-electron chi connectivity index (χ2n) is 9.71. The van der Waals surface area contributed by atoms with Gasteiger partial charge in [-0.3, -0.25) is 13.9 Å². The molecule has 40 heavy (non-hydrogen) atoms. The van der Waals surface area contributed by atoms with Crippen molar-refractivity contribution in [1.29, 1.82) is 0 Å². The lowest BCUT2D eigenvalue weighted by molar-refractivity contribution is -0.140. The highest BCUT2D eigenvalue weighted by Gasteiger charge is 2.34. The molecule has 0 radical (unpaired) electrons. The van der Waals surface area contributed by atoms with Gasteiger partial charge in [0.05, 0.1) is 17.7 Å². The standard InChI is InChI=1S/C31H39N3O5S/c1-6-24(4)32-31(36)29(7-2)33(21-25-14-12-11-13-23(25)3)30(35)22-34(26-17-19-27(39-5)20-18-26)40(37,38)28-15-9-8-10-16-28/h8-20,24,29H,6-7,21-22H2,1-5H3,(H,32,36)/t24-,29+/m1/s1. The van der Waals surface area contributed by atoms with Crippen LogP contribution in [0.5, 0.6) is 5.75 Å². The van der Waals surface area contributed by atoms with Crippen LogP contribution in [-0.4, -0.2) is 50.9 Å². The van der Waals surface area contributed by atoms with Crippen molar-refractivity contribution >= 4 is 27.5 Å². The molecular formula is C31H39N3O5S. The zero-order valence-electron chi connectivity index (χ0n) is 23.8. The molecule has 0 saturated carbocycles. The number of nitrogens with zero attached hydrogens (tertiary/aromatic N) is 2. The highest BCUT2D eigenvalue weighted by Crippen LogP contribution is 2.27. The summed E-state index contributed by atoms with van der Waals surface area (Å²) in [6.07, 6.45) is 1.11. The maximum absolute atomic E-state index is 14.1. The Morgan fingerprint density at radius 2 is 1.52 bits per heavy atom. The first-order valence-electron chi connectivity index (χ1n) is 13.5. The number of nitrogens with one attached hydrogen (secondary N) is 1. The van der Waals surface area contributed by atoms with Crippen LogP contribution in [0.15, 0.2) is 83.8 Å². The Kier molecular flexibility index (Phi) is 10.7. The number of hydrogen-bond acceptors (Lipinski definition) is 5. The van der Waals surface area contributed by atoms with Crippen LogP contribution in [-0.2, 0) is 26.2 Å². The SMILES string of the molecule is CC[C@@H](C)NC(=O)[C@H](CC)N(Cc1ccccc1C)C(=O)CN(c1ccc(OC)cc1)S(=O)(=O)c1ccccc1. The lowest BCUT2D eigenvalue weighted by atomic mass is 10.1. The van der Waals surface area contributed by atoms with Gasteiger partial charge in [-0.15, -0.1) is 0 Å². The molecule has 2 atom stereocenters. The smallest absolute Gasteiger partial charge is 0.264 e. The monoisotopic (exact) mass is 565 g/mol. The van der Waals surface area contributed by atoms with E-state index < -0.39 is 28.5 Å². The molecule has 0 spiro atoms. The van der Waals surface area contributed by atoms with Gasteiger partial charge >= 0.3 is 0 Å². The van der Waals surface area contributed by atoms with Crippen molar-refractivity contribution in [2.45, 2.75) is 64.1 Å². The Labute approximate surface area is 238 Å². The van der Waals surface area contributed by atoms with Gasteiger partial charge in [0.25, 0.3) is 10.0 Å². The van der Waals surface area contributed by atoms with E-state index in [2.05, 4.69) is 5.32 Å². The highest BCUT2D eigenvalue weighted by atomic mass is 32.2. The zero-order chi connectivity index (χ0) is 29.3. The molecule has 214 valence electrons. The maximum atomic E-state index is 14.1. The average molecular weight is 566 g/mol. The van der Waals surface area contributed by atoms with Crippen molar-refractivity contribution in [1.82, 2.24) is 10.2 Å². The number of rotatable bonds is 13. The van der Waals surface area contributed by atoms with Gasteiger partial charge in [0.1, 0.15) is 18.3 Å². The Morgan fingerprint density at radius 1 is 0.900 bits per heavy atom. The normalized spacial score (nSPS) is 12.7. The van der Waals surface area contributed by atoms with Gasteiger partial charge < -0.3 is 15.0 Å². The number of aryl methyl sites for hydroxylation is 1. The van der Waals surface area contributed by atoms with Gasteiger partial charge in [0, 0.05) is 12.6 Å². The third kappa shape index (κ3) is 7.41. The summed E-state index contributed by atoms with van der Waals surface area (Å²) in [5.74, 6) is -0.188. The van der Waals surface area contributed by atoms with Gasteiger partial charge in [0.2, 0.25) is 11.8 Å². The molecule has 0 heterocycles. The van der Waals surface area contributed by atoms with Crippen LogP contribution in [0.4, 0.5) is 5.69 Å². The largest absolute Gasteiger partial charge is 0.497 e. The Morgan fingerprint density at radius 3 is 2.10 bits per heavy atom. The highest BCUT2D eigenvalue weighted by molar-refractivity contribution is 7.92. The molecule has 9 heteroatoms. The number of amides is 2. The third-order valence-corrected chi connectivity index (χ3v) is 8.75. The molecule has 0 aliphatic rings. The number of ether oxygens (including phenoxy) is 1. The fraction of sp³-hybridized carbons (Fsp3) is 0.355. The fourth-order valence-electron chi connectivity index (χ4n) is 4.33. The number of anilines is 1. The summed E-state index contributed by atoms with van der Waals surface area (Å²) in [5.41, 5.74) is 2.17. The lowest BCUT2D eigenvalue weighted by Crippen LogP contribution is -2.53. The van der Waals surface area contributed by atoms with Gasteiger partial charge in [0.15, 0.2) is 0 Å². The van der Waals surface area contributed by atoms with E-state index in [0.717, 1.165) is 21.9 Å². The number of benzene rings is 3. The zero-order valence-corrected chi connectivity index (χ0v) is 24.6. The van der Waals surface area contributed by atoms with E-state index >= 15 is 0 Å². The summed E-state index contributed by atoms with van der Waals surface area (Å²) < 4.78 is 34.1. The lowest BCUT2D eigenvalue weighted by Gasteiger charge is -2.34. The maximum Gasteiger partial charge on any atom is 0.264 e. The summed E-state index contributed by atoms with van der Waals surface area (Å²) in [6, 6.07) is 21.3. The van der Waals surface area contributed by atoms with E-state index in [1.54, 1.807) is 42.5 Å². The fourth-order valence-corrected chi connectivity index (χ4v) is 5.76. The first-order valence-corrected chi connectivity index (χ1v) is 14.9. The van der Waals surface area contributed by atoms with E-state index in [0.29, 0.717) is 17.9 Å². The molecule has 1 N–H and O–H groups in total. The summed E-state index contributed by atoms with van der Waals surface area (Å²) in [5, 5.41) is 2.99. The van der Waals surface area contributed by atoms with Crippen molar-refractivity contribution in [2.75, 3.05) is 18.0 Å². The predicted molar refractivity (Wildman–Crippen MR) is 158 cm³/mol. The number of sulfonamides is 1. The number of methoxy groups -OCH3 is 1. The molecule has 0 unspecified atom stereocenters. The Bertz CT molecular complexity index is 1380. The molecule has 3 aromatic rings. The minimum absolute atomic E-state index is 0.0608. The van der Waals surface area contributed by atoms with Crippen LogP contribution >= 0.6 is 0 Å². The molecule has 0 bridgehead atoms. The minimum Gasteiger partial charge on any atom is -0.497 e. The molecule has 2 amide bonds. The van der Waals surface area contributed by atoms with Gasteiger partial charge in [-0.25, -0.2) is 8.42 Å². The number of carbonyl (C=O) groups excluding carboxylic acids is 2. The van der Waals surface area contributed by atoms with Crippen molar-refractivity contribution < 1.29 is 22.7 Å². The Balaban J connectivity index is 2.06. The molecule has 3 aromatic carbocycles. The number of hydrogen-bond donors (Lipinski definition) is 1.